The Labute approximate surface area is 114 Å². The second-order valence-corrected chi connectivity index (χ2v) is 5.42. The smallest absolute Gasteiger partial charge is 0.227 e. The van der Waals surface area contributed by atoms with Crippen molar-refractivity contribution >= 4 is 5.91 Å². The van der Waals surface area contributed by atoms with Crippen LogP contribution in [0, 0.1) is 5.41 Å². The minimum Gasteiger partial charge on any atom is -0.496 e. The monoisotopic (exact) mass is 262 g/mol. The Kier molecular flexibility index (Phi) is 4.10. The molecule has 1 aliphatic heterocycles. The molecule has 19 heavy (non-hydrogen) atoms. The van der Waals surface area contributed by atoms with Gasteiger partial charge in [0, 0.05) is 12.1 Å². The Morgan fingerprint density at radius 1 is 1.47 bits per heavy atom. The Bertz CT molecular complexity index is 453. The fourth-order valence-corrected chi connectivity index (χ4v) is 2.48. The van der Waals surface area contributed by atoms with Crippen LogP contribution in [0.15, 0.2) is 24.3 Å². The molecule has 0 bridgehead atoms. The molecule has 4 nitrogen and oxygen atoms in total. The number of carbonyl (C=O) groups is 1. The third-order valence-corrected chi connectivity index (χ3v) is 3.87. The molecule has 0 radical (unpaired) electrons. The van der Waals surface area contributed by atoms with Crippen LogP contribution in [0.5, 0.6) is 5.75 Å². The van der Waals surface area contributed by atoms with Gasteiger partial charge in [0.05, 0.1) is 18.6 Å². The second-order valence-electron chi connectivity index (χ2n) is 5.42. The van der Waals surface area contributed by atoms with Gasteiger partial charge >= 0.3 is 0 Å². The van der Waals surface area contributed by atoms with Crippen LogP contribution in [0.25, 0.3) is 0 Å². The van der Waals surface area contributed by atoms with E-state index in [0.717, 1.165) is 30.8 Å². The van der Waals surface area contributed by atoms with Crippen molar-refractivity contribution in [1.29, 1.82) is 0 Å². The standard InChI is InChI=1S/C15H22N2O2/c1-11(12-6-4-5-7-13(12)19-3)17-14(18)15(2)8-9-16-10-15/h4-7,11,16H,8-10H2,1-3H3,(H,17,18). The molecule has 1 amide bonds. The van der Waals surface area contributed by atoms with Crippen LogP contribution >= 0.6 is 0 Å². The lowest BCUT2D eigenvalue weighted by atomic mass is 9.88. The first-order chi connectivity index (χ1) is 9.07. The summed E-state index contributed by atoms with van der Waals surface area (Å²) in [4.78, 5) is 12.4. The van der Waals surface area contributed by atoms with Crippen molar-refractivity contribution in [3.8, 4) is 5.75 Å². The summed E-state index contributed by atoms with van der Waals surface area (Å²) in [5, 5.41) is 6.34. The van der Waals surface area contributed by atoms with Crippen molar-refractivity contribution in [2.24, 2.45) is 5.41 Å². The Hall–Kier alpha value is -1.55. The van der Waals surface area contributed by atoms with Gasteiger partial charge in [0.1, 0.15) is 5.75 Å². The summed E-state index contributed by atoms with van der Waals surface area (Å²) in [5.74, 6) is 0.918. The van der Waals surface area contributed by atoms with E-state index < -0.39 is 0 Å². The van der Waals surface area contributed by atoms with Gasteiger partial charge in [-0.3, -0.25) is 4.79 Å². The van der Waals surface area contributed by atoms with Crippen molar-refractivity contribution in [2.45, 2.75) is 26.3 Å². The Balaban J connectivity index is 2.08. The first kappa shape index (κ1) is 13.9. The van der Waals surface area contributed by atoms with Crippen LogP contribution in [0.2, 0.25) is 0 Å². The Morgan fingerprint density at radius 2 is 2.21 bits per heavy atom. The molecule has 1 aromatic rings. The molecule has 0 saturated carbocycles. The first-order valence-electron chi connectivity index (χ1n) is 6.71. The van der Waals surface area contributed by atoms with Crippen molar-refractivity contribution < 1.29 is 9.53 Å². The highest BCUT2D eigenvalue weighted by molar-refractivity contribution is 5.83. The summed E-state index contributed by atoms with van der Waals surface area (Å²) in [7, 11) is 1.65. The average Bonchev–Trinajstić information content (AvgIpc) is 2.87. The lowest BCUT2D eigenvalue weighted by Gasteiger charge is -2.25. The fraction of sp³-hybridized carbons (Fsp3) is 0.533. The number of carbonyl (C=O) groups excluding carboxylic acids is 1. The van der Waals surface area contributed by atoms with Gasteiger partial charge in [-0.25, -0.2) is 0 Å². The molecular formula is C15H22N2O2. The highest BCUT2D eigenvalue weighted by Crippen LogP contribution is 2.28. The summed E-state index contributed by atoms with van der Waals surface area (Å²) >= 11 is 0. The number of hydrogen-bond acceptors (Lipinski definition) is 3. The molecule has 2 atom stereocenters. The zero-order valence-corrected chi connectivity index (χ0v) is 11.8. The normalized spacial score (nSPS) is 23.9. The van der Waals surface area contributed by atoms with Gasteiger partial charge in [-0.05, 0) is 32.9 Å². The summed E-state index contributed by atoms with van der Waals surface area (Å²) < 4.78 is 5.34. The number of para-hydroxylation sites is 1. The van der Waals surface area contributed by atoms with Crippen molar-refractivity contribution in [2.75, 3.05) is 20.2 Å². The molecule has 1 saturated heterocycles. The summed E-state index contributed by atoms with van der Waals surface area (Å²) in [5.41, 5.74) is 0.712. The third-order valence-electron chi connectivity index (χ3n) is 3.87. The zero-order valence-electron chi connectivity index (χ0n) is 11.8. The van der Waals surface area contributed by atoms with Crippen LogP contribution in [0.4, 0.5) is 0 Å². The van der Waals surface area contributed by atoms with Gasteiger partial charge in [0.25, 0.3) is 0 Å². The highest BCUT2D eigenvalue weighted by Gasteiger charge is 2.36. The second kappa shape index (κ2) is 5.61. The average molecular weight is 262 g/mol. The molecule has 2 N–H and O–H groups in total. The maximum absolute atomic E-state index is 12.4. The minimum atomic E-state index is -0.295. The number of ether oxygens (including phenoxy) is 1. The molecule has 1 aromatic carbocycles. The highest BCUT2D eigenvalue weighted by atomic mass is 16.5. The van der Waals surface area contributed by atoms with E-state index in [1.165, 1.54) is 0 Å². The summed E-state index contributed by atoms with van der Waals surface area (Å²) in [6.45, 7) is 5.66. The predicted octanol–water partition coefficient (Wildman–Crippen LogP) is 1.87. The van der Waals surface area contributed by atoms with Crippen molar-refractivity contribution in [1.82, 2.24) is 10.6 Å². The lowest BCUT2D eigenvalue weighted by Crippen LogP contribution is -2.41. The van der Waals surface area contributed by atoms with E-state index in [2.05, 4.69) is 10.6 Å². The van der Waals surface area contributed by atoms with E-state index >= 15 is 0 Å². The van der Waals surface area contributed by atoms with E-state index in [-0.39, 0.29) is 17.4 Å². The lowest BCUT2D eigenvalue weighted by molar-refractivity contribution is -0.129. The molecule has 2 unspecified atom stereocenters. The number of hydrogen-bond donors (Lipinski definition) is 2. The molecular weight excluding hydrogens is 240 g/mol. The first-order valence-corrected chi connectivity index (χ1v) is 6.71. The van der Waals surface area contributed by atoms with Gasteiger partial charge in [-0.15, -0.1) is 0 Å². The summed E-state index contributed by atoms with van der Waals surface area (Å²) in [6.07, 6.45) is 0.886. The molecule has 1 fully saturated rings. The van der Waals surface area contributed by atoms with Crippen molar-refractivity contribution in [3.63, 3.8) is 0 Å². The fourth-order valence-electron chi connectivity index (χ4n) is 2.48. The Morgan fingerprint density at radius 3 is 2.84 bits per heavy atom. The predicted molar refractivity (Wildman–Crippen MR) is 75.1 cm³/mol. The quantitative estimate of drug-likeness (QED) is 0.871. The van der Waals surface area contributed by atoms with Crippen LogP contribution in [0.1, 0.15) is 31.9 Å². The SMILES string of the molecule is COc1ccccc1C(C)NC(=O)C1(C)CCNC1. The molecule has 0 aliphatic carbocycles. The zero-order chi connectivity index (χ0) is 13.9. The van der Waals surface area contributed by atoms with Gasteiger partial charge in [0.15, 0.2) is 0 Å². The van der Waals surface area contributed by atoms with Gasteiger partial charge in [-0.1, -0.05) is 18.2 Å². The molecule has 4 heteroatoms. The van der Waals surface area contributed by atoms with E-state index in [0.29, 0.717) is 0 Å². The van der Waals surface area contributed by atoms with Crippen LogP contribution in [-0.2, 0) is 4.79 Å². The number of amides is 1. The number of methoxy groups -OCH3 is 1. The molecule has 104 valence electrons. The molecule has 0 aromatic heterocycles. The van der Waals surface area contributed by atoms with Gasteiger partial charge in [-0.2, -0.15) is 0 Å². The number of nitrogens with one attached hydrogen (secondary N) is 2. The van der Waals surface area contributed by atoms with Gasteiger partial charge < -0.3 is 15.4 Å². The molecule has 0 spiro atoms. The molecule has 2 rings (SSSR count). The maximum atomic E-state index is 12.4. The number of benzene rings is 1. The number of rotatable bonds is 4. The largest absolute Gasteiger partial charge is 0.496 e. The minimum absolute atomic E-state index is 0.0546. The third kappa shape index (κ3) is 2.89. The van der Waals surface area contributed by atoms with Gasteiger partial charge in [0.2, 0.25) is 5.91 Å². The van der Waals surface area contributed by atoms with Crippen molar-refractivity contribution in [3.05, 3.63) is 29.8 Å². The maximum Gasteiger partial charge on any atom is 0.227 e. The van der Waals surface area contributed by atoms with E-state index in [4.69, 9.17) is 4.74 Å². The van der Waals surface area contributed by atoms with Crippen LogP contribution in [-0.4, -0.2) is 26.1 Å². The van der Waals surface area contributed by atoms with E-state index in [1.807, 2.05) is 38.1 Å². The topological polar surface area (TPSA) is 50.4 Å². The molecule has 1 aliphatic rings. The van der Waals surface area contributed by atoms with E-state index in [1.54, 1.807) is 7.11 Å². The van der Waals surface area contributed by atoms with E-state index in [9.17, 15) is 4.79 Å². The van der Waals surface area contributed by atoms with Crippen LogP contribution < -0.4 is 15.4 Å². The van der Waals surface area contributed by atoms with Crippen LogP contribution in [0.3, 0.4) is 0 Å². The summed E-state index contributed by atoms with van der Waals surface area (Å²) in [6, 6.07) is 7.73. The molecule has 1 heterocycles.